The second-order valence-electron chi connectivity index (χ2n) is 9.25. The van der Waals surface area contributed by atoms with Crippen LogP contribution in [0.25, 0.3) is 22.3 Å². The molecule has 0 atom stereocenters. The quantitative estimate of drug-likeness (QED) is 0.278. The molecular formula is C31H32N4O2. The number of aryl methyl sites for hydroxylation is 2. The van der Waals surface area contributed by atoms with Crippen molar-refractivity contribution in [2.45, 2.75) is 59.6 Å². The minimum atomic E-state index is -0.0615. The molecule has 2 aromatic carbocycles. The number of nitrogens with zero attached hydrogens (tertiary/aromatic N) is 4. The molecule has 0 spiro atoms. The number of hydrogen-bond donors (Lipinski definition) is 0. The molecule has 2 aromatic heterocycles. The Labute approximate surface area is 218 Å². The minimum absolute atomic E-state index is 0.0246. The first-order valence-electron chi connectivity index (χ1n) is 12.8. The van der Waals surface area contributed by atoms with Gasteiger partial charge < -0.3 is 4.74 Å². The molecule has 0 radical (unpaired) electrons. The smallest absolute Gasteiger partial charge is 0.262 e. The topological polar surface area (TPSA) is 80.8 Å². The maximum Gasteiger partial charge on any atom is 0.262 e. The number of nitriles is 1. The fourth-order valence-corrected chi connectivity index (χ4v) is 4.42. The predicted octanol–water partition coefficient (Wildman–Crippen LogP) is 6.19. The van der Waals surface area contributed by atoms with Crippen LogP contribution in [0, 0.1) is 11.3 Å². The number of aromatic nitrogens is 3. The van der Waals surface area contributed by atoms with Crippen LogP contribution in [0.2, 0.25) is 0 Å². The molecule has 0 N–H and O–H groups in total. The van der Waals surface area contributed by atoms with Gasteiger partial charge in [0.1, 0.15) is 5.82 Å². The van der Waals surface area contributed by atoms with Crippen LogP contribution in [-0.4, -0.2) is 20.6 Å². The normalized spacial score (nSPS) is 10.9. The van der Waals surface area contributed by atoms with Crippen molar-refractivity contribution in [2.75, 3.05) is 0 Å². The molecule has 0 bridgehead atoms. The van der Waals surface area contributed by atoms with Gasteiger partial charge in [-0.1, -0.05) is 56.3 Å². The van der Waals surface area contributed by atoms with E-state index in [1.807, 2.05) is 75.4 Å². The molecule has 0 aliphatic heterocycles. The molecule has 4 rings (SSSR count). The molecule has 0 fully saturated rings. The van der Waals surface area contributed by atoms with Gasteiger partial charge in [-0.2, -0.15) is 5.26 Å². The van der Waals surface area contributed by atoms with Gasteiger partial charge in [-0.05, 0) is 55.5 Å². The van der Waals surface area contributed by atoms with E-state index in [4.69, 9.17) is 9.72 Å². The molecule has 0 saturated heterocycles. The van der Waals surface area contributed by atoms with E-state index >= 15 is 0 Å². The highest BCUT2D eigenvalue weighted by molar-refractivity contribution is 5.70. The first-order valence-corrected chi connectivity index (χ1v) is 12.8. The summed E-state index contributed by atoms with van der Waals surface area (Å²) in [7, 11) is 0. The zero-order valence-electron chi connectivity index (χ0n) is 21.9. The van der Waals surface area contributed by atoms with Gasteiger partial charge in [-0.15, -0.1) is 0 Å². The summed E-state index contributed by atoms with van der Waals surface area (Å²) in [6, 6.07) is 21.5. The Morgan fingerprint density at radius 3 is 2.35 bits per heavy atom. The third-order valence-corrected chi connectivity index (χ3v) is 6.17. The Morgan fingerprint density at radius 2 is 1.73 bits per heavy atom. The molecule has 2 heterocycles. The maximum absolute atomic E-state index is 13.9. The van der Waals surface area contributed by atoms with E-state index in [9.17, 15) is 10.1 Å². The molecular weight excluding hydrogens is 460 g/mol. The standard InChI is InChI=1S/C31H32N4O2/c1-5-9-28-34-27(6-2)30(25-16-17-29(33-19-25)37-21(3)4)31(36)35(28)20-22-12-14-23(15-13-22)26-11-8-7-10-24(26)18-32/h7-8,10-17,19,21H,5-6,9,20H2,1-4H3. The zero-order chi connectivity index (χ0) is 26.4. The first-order chi connectivity index (χ1) is 17.9. The Bertz CT molecular complexity index is 1460. The van der Waals surface area contributed by atoms with E-state index in [1.165, 1.54) is 0 Å². The summed E-state index contributed by atoms with van der Waals surface area (Å²) in [5.41, 5.74) is 5.55. The molecule has 0 aliphatic rings. The van der Waals surface area contributed by atoms with Gasteiger partial charge in [-0.25, -0.2) is 9.97 Å². The number of benzene rings is 2. The van der Waals surface area contributed by atoms with Crippen LogP contribution in [0.5, 0.6) is 5.88 Å². The summed E-state index contributed by atoms with van der Waals surface area (Å²) in [5.74, 6) is 1.32. The van der Waals surface area contributed by atoms with Gasteiger partial charge >= 0.3 is 0 Å². The fourth-order valence-electron chi connectivity index (χ4n) is 4.42. The summed E-state index contributed by atoms with van der Waals surface area (Å²) < 4.78 is 7.46. The molecule has 188 valence electrons. The van der Waals surface area contributed by atoms with Gasteiger partial charge in [-0.3, -0.25) is 9.36 Å². The van der Waals surface area contributed by atoms with Crippen LogP contribution in [0.4, 0.5) is 0 Å². The largest absolute Gasteiger partial charge is 0.475 e. The van der Waals surface area contributed by atoms with Crippen molar-refractivity contribution in [3.8, 4) is 34.2 Å². The van der Waals surface area contributed by atoms with Crippen molar-refractivity contribution in [1.82, 2.24) is 14.5 Å². The molecule has 4 aromatic rings. The Kier molecular flexibility index (Phi) is 8.15. The number of pyridine rings is 1. The average molecular weight is 493 g/mol. The molecule has 0 saturated carbocycles. The van der Waals surface area contributed by atoms with E-state index in [1.54, 1.807) is 16.8 Å². The molecule has 37 heavy (non-hydrogen) atoms. The summed E-state index contributed by atoms with van der Waals surface area (Å²) in [4.78, 5) is 23.3. The fraction of sp³-hybridized carbons (Fsp3) is 0.290. The van der Waals surface area contributed by atoms with Crippen molar-refractivity contribution in [2.24, 2.45) is 0 Å². The van der Waals surface area contributed by atoms with E-state index in [0.29, 0.717) is 30.0 Å². The lowest BCUT2D eigenvalue weighted by Crippen LogP contribution is -2.29. The molecule has 0 amide bonds. The van der Waals surface area contributed by atoms with Crippen LogP contribution in [0.3, 0.4) is 0 Å². The van der Waals surface area contributed by atoms with Crippen LogP contribution in [-0.2, 0) is 19.4 Å². The van der Waals surface area contributed by atoms with Crippen LogP contribution < -0.4 is 10.3 Å². The second-order valence-corrected chi connectivity index (χ2v) is 9.25. The van der Waals surface area contributed by atoms with Crippen molar-refractivity contribution < 1.29 is 4.74 Å². The third kappa shape index (κ3) is 5.78. The van der Waals surface area contributed by atoms with Crippen molar-refractivity contribution in [3.05, 3.63) is 99.9 Å². The molecule has 0 unspecified atom stereocenters. The Morgan fingerprint density at radius 1 is 1.00 bits per heavy atom. The van der Waals surface area contributed by atoms with Gasteiger partial charge in [0.2, 0.25) is 5.88 Å². The van der Waals surface area contributed by atoms with Crippen LogP contribution >= 0.6 is 0 Å². The molecule has 6 heteroatoms. The molecule has 0 aliphatic carbocycles. The molecule has 6 nitrogen and oxygen atoms in total. The Balaban J connectivity index is 1.73. The van der Waals surface area contributed by atoms with E-state index in [2.05, 4.69) is 18.0 Å². The van der Waals surface area contributed by atoms with Crippen LogP contribution in [0.15, 0.2) is 71.7 Å². The van der Waals surface area contributed by atoms with E-state index < -0.39 is 0 Å². The lowest BCUT2D eigenvalue weighted by atomic mass is 9.99. The zero-order valence-corrected chi connectivity index (χ0v) is 21.9. The van der Waals surface area contributed by atoms with Crippen molar-refractivity contribution >= 4 is 0 Å². The highest BCUT2D eigenvalue weighted by atomic mass is 16.5. The number of hydrogen-bond acceptors (Lipinski definition) is 5. The van der Waals surface area contributed by atoms with Gasteiger partial charge in [0.05, 0.1) is 35.5 Å². The van der Waals surface area contributed by atoms with E-state index in [0.717, 1.165) is 46.6 Å². The predicted molar refractivity (Wildman–Crippen MR) is 147 cm³/mol. The summed E-state index contributed by atoms with van der Waals surface area (Å²) in [6.45, 7) is 8.44. The lowest BCUT2D eigenvalue weighted by molar-refractivity contribution is 0.232. The third-order valence-electron chi connectivity index (χ3n) is 6.17. The summed E-state index contributed by atoms with van der Waals surface area (Å²) >= 11 is 0. The highest BCUT2D eigenvalue weighted by Crippen LogP contribution is 2.25. The summed E-state index contributed by atoms with van der Waals surface area (Å²) in [5, 5.41) is 9.45. The minimum Gasteiger partial charge on any atom is -0.475 e. The van der Waals surface area contributed by atoms with Gasteiger partial charge in [0, 0.05) is 24.2 Å². The number of rotatable bonds is 9. The summed E-state index contributed by atoms with van der Waals surface area (Å²) in [6.07, 6.45) is 3.98. The van der Waals surface area contributed by atoms with Crippen LogP contribution in [0.1, 0.15) is 56.8 Å². The van der Waals surface area contributed by atoms with E-state index in [-0.39, 0.29) is 11.7 Å². The monoisotopic (exact) mass is 492 g/mol. The second kappa shape index (κ2) is 11.7. The van der Waals surface area contributed by atoms with Gasteiger partial charge in [0.25, 0.3) is 5.56 Å². The Hall–Kier alpha value is -4.24. The van der Waals surface area contributed by atoms with Gasteiger partial charge in [0.15, 0.2) is 0 Å². The highest BCUT2D eigenvalue weighted by Gasteiger charge is 2.18. The van der Waals surface area contributed by atoms with Crippen molar-refractivity contribution in [3.63, 3.8) is 0 Å². The van der Waals surface area contributed by atoms with Crippen molar-refractivity contribution in [1.29, 1.82) is 5.26 Å². The number of ether oxygens (including phenoxy) is 1. The maximum atomic E-state index is 13.9. The average Bonchev–Trinajstić information content (AvgIpc) is 2.91. The lowest BCUT2D eigenvalue weighted by Gasteiger charge is -2.17. The first kappa shape index (κ1) is 25.8. The SMILES string of the molecule is CCCc1nc(CC)c(-c2ccc(OC(C)C)nc2)c(=O)n1Cc1ccc(-c2ccccc2C#N)cc1.